The van der Waals surface area contributed by atoms with Gasteiger partial charge in [-0.25, -0.2) is 9.97 Å². The van der Waals surface area contributed by atoms with E-state index in [-0.39, 0.29) is 0 Å². The van der Waals surface area contributed by atoms with E-state index in [4.69, 9.17) is 4.98 Å². The van der Waals surface area contributed by atoms with Gasteiger partial charge in [-0.15, -0.1) is 5.73 Å². The minimum atomic E-state index is 0.431. The van der Waals surface area contributed by atoms with E-state index in [0.29, 0.717) is 6.04 Å². The summed E-state index contributed by atoms with van der Waals surface area (Å²) in [6.07, 6.45) is 7.66. The molecule has 6 nitrogen and oxygen atoms in total. The van der Waals surface area contributed by atoms with E-state index in [1.165, 1.54) is 0 Å². The predicted molar refractivity (Wildman–Crippen MR) is 119 cm³/mol. The maximum atomic E-state index is 4.81. The number of fused-ring (bicyclic) bond motifs is 1. The lowest BCUT2D eigenvalue weighted by Gasteiger charge is -2.30. The van der Waals surface area contributed by atoms with Crippen LogP contribution in [0.1, 0.15) is 18.5 Å². The summed E-state index contributed by atoms with van der Waals surface area (Å²) in [7, 11) is 2.16. The van der Waals surface area contributed by atoms with Crippen molar-refractivity contribution < 1.29 is 0 Å². The van der Waals surface area contributed by atoms with E-state index in [0.717, 1.165) is 65.3 Å². The number of likely N-dealkylation sites (tertiary alicyclic amines) is 1. The van der Waals surface area contributed by atoms with Crippen molar-refractivity contribution in [2.45, 2.75) is 18.9 Å². The molecule has 148 valence electrons. The SMILES string of the molecule is C=C=C(NC1CCN(C)CC1)c1ccc2c(-c3ccc(NC=C)nc3)c[nH]c2n1. The summed E-state index contributed by atoms with van der Waals surface area (Å²) in [4.78, 5) is 14.9. The van der Waals surface area contributed by atoms with E-state index < -0.39 is 0 Å². The summed E-state index contributed by atoms with van der Waals surface area (Å²) in [6.45, 7) is 9.72. The first kappa shape index (κ1) is 19.0. The van der Waals surface area contributed by atoms with Gasteiger partial charge in [-0.2, -0.15) is 0 Å². The lowest BCUT2D eigenvalue weighted by atomic mass is 10.0. The van der Waals surface area contributed by atoms with E-state index in [1.807, 2.05) is 30.6 Å². The summed E-state index contributed by atoms with van der Waals surface area (Å²) in [5.41, 5.74) is 7.69. The zero-order valence-corrected chi connectivity index (χ0v) is 16.7. The third-order valence-electron chi connectivity index (χ3n) is 5.36. The molecule has 4 heterocycles. The fourth-order valence-electron chi connectivity index (χ4n) is 3.70. The van der Waals surface area contributed by atoms with E-state index in [2.05, 4.69) is 57.5 Å². The molecule has 0 aromatic carbocycles. The monoisotopic (exact) mass is 386 g/mol. The van der Waals surface area contributed by atoms with Gasteiger partial charge in [-0.05, 0) is 63.4 Å². The summed E-state index contributed by atoms with van der Waals surface area (Å²) in [5.74, 6) is 0.768. The van der Waals surface area contributed by atoms with Crippen molar-refractivity contribution in [3.63, 3.8) is 0 Å². The van der Waals surface area contributed by atoms with Gasteiger partial charge in [0.2, 0.25) is 0 Å². The molecule has 0 spiro atoms. The van der Waals surface area contributed by atoms with Crippen LogP contribution in [-0.4, -0.2) is 46.0 Å². The highest BCUT2D eigenvalue weighted by Crippen LogP contribution is 2.29. The Labute approximate surface area is 171 Å². The number of H-pyrrole nitrogens is 1. The number of nitrogens with one attached hydrogen (secondary N) is 3. The lowest BCUT2D eigenvalue weighted by Crippen LogP contribution is -2.40. The maximum Gasteiger partial charge on any atom is 0.138 e. The van der Waals surface area contributed by atoms with Gasteiger partial charge in [0.1, 0.15) is 17.2 Å². The van der Waals surface area contributed by atoms with Crippen LogP contribution in [0.5, 0.6) is 0 Å². The Kier molecular flexibility index (Phi) is 5.47. The van der Waals surface area contributed by atoms with Crippen LogP contribution in [-0.2, 0) is 0 Å². The molecule has 0 bridgehead atoms. The average Bonchev–Trinajstić information content (AvgIpc) is 3.17. The molecule has 1 saturated heterocycles. The molecule has 6 heteroatoms. The molecule has 3 aromatic heterocycles. The van der Waals surface area contributed by atoms with Gasteiger partial charge in [-0.1, -0.05) is 13.2 Å². The zero-order chi connectivity index (χ0) is 20.2. The maximum absolute atomic E-state index is 4.81. The van der Waals surface area contributed by atoms with Gasteiger partial charge in [0, 0.05) is 34.9 Å². The summed E-state index contributed by atoms with van der Waals surface area (Å²) >= 11 is 0. The third kappa shape index (κ3) is 4.09. The van der Waals surface area contributed by atoms with E-state index in [9.17, 15) is 0 Å². The van der Waals surface area contributed by atoms with Crippen molar-refractivity contribution in [1.82, 2.24) is 25.2 Å². The standard InChI is InChI=1S/C23H26N6/c1-4-20(27-17-10-12-29(3)13-11-17)21-8-7-18-19(15-26-23(18)28-21)16-6-9-22(24-5-2)25-14-16/h5-9,14-15,17,27H,1-2,10-13H2,3H3,(H,24,25)(H,26,28). The molecule has 1 aliphatic rings. The van der Waals surface area contributed by atoms with Crippen LogP contribution in [0.2, 0.25) is 0 Å². The molecule has 0 unspecified atom stereocenters. The Hall–Kier alpha value is -3.34. The van der Waals surface area contributed by atoms with Crippen LogP contribution in [0.3, 0.4) is 0 Å². The number of aromatic amines is 1. The molecule has 1 fully saturated rings. The van der Waals surface area contributed by atoms with Gasteiger partial charge in [-0.3, -0.25) is 0 Å². The molecule has 0 radical (unpaired) electrons. The van der Waals surface area contributed by atoms with Gasteiger partial charge < -0.3 is 20.5 Å². The van der Waals surface area contributed by atoms with Crippen molar-refractivity contribution >= 4 is 22.5 Å². The van der Waals surface area contributed by atoms with Gasteiger partial charge in [0.05, 0.1) is 5.69 Å². The van der Waals surface area contributed by atoms with Crippen LogP contribution < -0.4 is 10.6 Å². The fraction of sp³-hybridized carbons (Fsp3) is 0.261. The molecular formula is C23H26N6. The number of anilines is 1. The molecule has 0 aliphatic carbocycles. The number of piperidine rings is 1. The second-order valence-electron chi connectivity index (χ2n) is 7.35. The smallest absolute Gasteiger partial charge is 0.138 e. The third-order valence-corrected chi connectivity index (χ3v) is 5.36. The average molecular weight is 387 g/mol. The predicted octanol–water partition coefficient (Wildman–Crippen LogP) is 3.99. The van der Waals surface area contributed by atoms with Gasteiger partial charge in [0.15, 0.2) is 0 Å². The van der Waals surface area contributed by atoms with Crippen molar-refractivity contribution in [3.05, 3.63) is 67.4 Å². The van der Waals surface area contributed by atoms with Crippen molar-refractivity contribution in [2.24, 2.45) is 0 Å². The normalized spacial score (nSPS) is 15.1. The van der Waals surface area contributed by atoms with Crippen LogP contribution in [0.25, 0.3) is 27.9 Å². The molecule has 0 atom stereocenters. The molecule has 0 saturated carbocycles. The molecule has 3 N–H and O–H groups in total. The molecular weight excluding hydrogens is 360 g/mol. The van der Waals surface area contributed by atoms with Crippen molar-refractivity contribution in [3.8, 4) is 11.1 Å². The fourth-order valence-corrected chi connectivity index (χ4v) is 3.70. The molecule has 3 aromatic rings. The van der Waals surface area contributed by atoms with Crippen LogP contribution in [0, 0.1) is 0 Å². The Morgan fingerprint density at radius 3 is 2.79 bits per heavy atom. The number of pyridine rings is 2. The second-order valence-corrected chi connectivity index (χ2v) is 7.35. The van der Waals surface area contributed by atoms with E-state index in [1.54, 1.807) is 6.20 Å². The Bertz CT molecular complexity index is 1050. The highest BCUT2D eigenvalue weighted by atomic mass is 15.1. The summed E-state index contributed by atoms with van der Waals surface area (Å²) in [6, 6.07) is 8.51. The van der Waals surface area contributed by atoms with Gasteiger partial charge in [0.25, 0.3) is 0 Å². The highest BCUT2D eigenvalue weighted by molar-refractivity contribution is 5.94. The van der Waals surface area contributed by atoms with Gasteiger partial charge >= 0.3 is 0 Å². The number of aromatic nitrogens is 3. The van der Waals surface area contributed by atoms with Crippen molar-refractivity contribution in [2.75, 3.05) is 25.5 Å². The Morgan fingerprint density at radius 2 is 2.10 bits per heavy atom. The minimum Gasteiger partial charge on any atom is -0.374 e. The second kappa shape index (κ2) is 8.35. The number of nitrogens with zero attached hydrogens (tertiary/aromatic N) is 3. The molecule has 1 aliphatic heterocycles. The lowest BCUT2D eigenvalue weighted by molar-refractivity contribution is 0.245. The zero-order valence-electron chi connectivity index (χ0n) is 16.7. The minimum absolute atomic E-state index is 0.431. The first-order chi connectivity index (χ1) is 14.2. The number of hydrogen-bond donors (Lipinski definition) is 3. The first-order valence-electron chi connectivity index (χ1n) is 9.85. The topological polar surface area (TPSA) is 68.9 Å². The molecule has 29 heavy (non-hydrogen) atoms. The van der Waals surface area contributed by atoms with Crippen molar-refractivity contribution in [1.29, 1.82) is 0 Å². The van der Waals surface area contributed by atoms with E-state index >= 15 is 0 Å². The first-order valence-corrected chi connectivity index (χ1v) is 9.85. The highest BCUT2D eigenvalue weighted by Gasteiger charge is 2.18. The van der Waals surface area contributed by atoms with Crippen LogP contribution >= 0.6 is 0 Å². The largest absolute Gasteiger partial charge is 0.374 e. The quantitative estimate of drug-likeness (QED) is 0.559. The Morgan fingerprint density at radius 1 is 1.28 bits per heavy atom. The Balaban J connectivity index is 1.57. The van der Waals surface area contributed by atoms with Crippen LogP contribution in [0.15, 0.2) is 61.7 Å². The van der Waals surface area contributed by atoms with Crippen LogP contribution in [0.4, 0.5) is 5.82 Å². The molecule has 4 rings (SSSR count). The summed E-state index contributed by atoms with van der Waals surface area (Å²) in [5, 5.41) is 7.62. The molecule has 0 amide bonds. The number of hydrogen-bond acceptors (Lipinski definition) is 5. The number of rotatable bonds is 6. The summed E-state index contributed by atoms with van der Waals surface area (Å²) < 4.78 is 0.